The van der Waals surface area contributed by atoms with Crippen molar-refractivity contribution in [2.75, 3.05) is 0 Å². The Kier molecular flexibility index (Phi) is 6.42. The molecule has 2 heterocycles. The molecule has 1 aromatic heterocycles. The summed E-state index contributed by atoms with van der Waals surface area (Å²) in [7, 11) is 0. The first-order chi connectivity index (χ1) is 19.0. The number of hydrogen-bond donors (Lipinski definition) is 0. The number of nitrogens with zero attached hydrogens (tertiary/aromatic N) is 4. The second kappa shape index (κ2) is 10.2. The average Bonchev–Trinajstić information content (AvgIpc) is 3.40. The van der Waals surface area contributed by atoms with E-state index in [1.165, 1.54) is 4.90 Å². The molecule has 0 saturated heterocycles. The van der Waals surface area contributed by atoms with Crippen LogP contribution in [-0.2, 0) is 9.59 Å². The fraction of sp³-hybridized carbons (Fsp3) is 0.212. The Labute approximate surface area is 227 Å². The van der Waals surface area contributed by atoms with Gasteiger partial charge in [0.2, 0.25) is 0 Å². The van der Waals surface area contributed by atoms with Crippen molar-refractivity contribution in [1.82, 2.24) is 14.7 Å². The zero-order valence-corrected chi connectivity index (χ0v) is 21.8. The van der Waals surface area contributed by atoms with Crippen molar-refractivity contribution in [2.45, 2.75) is 45.1 Å². The van der Waals surface area contributed by atoms with Gasteiger partial charge in [0, 0.05) is 28.9 Å². The Morgan fingerprint density at radius 2 is 1.62 bits per heavy atom. The molecule has 2 aliphatic rings. The average molecular weight is 513 g/mol. The van der Waals surface area contributed by atoms with Crippen LogP contribution in [0.1, 0.15) is 44.6 Å². The fourth-order valence-corrected chi connectivity index (χ4v) is 5.69. The first-order valence-electron chi connectivity index (χ1n) is 13.4. The van der Waals surface area contributed by atoms with Gasteiger partial charge in [0.25, 0.3) is 11.8 Å². The minimum atomic E-state index is -0.473. The van der Waals surface area contributed by atoms with Gasteiger partial charge in [-0.15, -0.1) is 0 Å². The Morgan fingerprint density at radius 1 is 0.897 bits per heavy atom. The number of nitriles is 1. The van der Waals surface area contributed by atoms with Crippen LogP contribution in [0, 0.1) is 11.3 Å². The van der Waals surface area contributed by atoms with Crippen LogP contribution in [-0.4, -0.2) is 32.5 Å². The highest BCUT2D eigenvalue weighted by atomic mass is 16.2. The molecule has 2 amide bonds. The van der Waals surface area contributed by atoms with Gasteiger partial charge in [-0.2, -0.15) is 10.4 Å². The van der Waals surface area contributed by atoms with E-state index in [4.69, 9.17) is 5.10 Å². The van der Waals surface area contributed by atoms with Gasteiger partial charge in [0.15, 0.2) is 0 Å². The molecule has 0 radical (unpaired) electrons. The first kappa shape index (κ1) is 24.6. The van der Waals surface area contributed by atoms with Gasteiger partial charge < -0.3 is 0 Å². The summed E-state index contributed by atoms with van der Waals surface area (Å²) in [6.45, 7) is 1.69. The molecule has 6 nitrogen and oxygen atoms in total. The Morgan fingerprint density at radius 3 is 2.36 bits per heavy atom. The number of hydrogen-bond acceptors (Lipinski definition) is 4. The van der Waals surface area contributed by atoms with Gasteiger partial charge >= 0.3 is 0 Å². The summed E-state index contributed by atoms with van der Waals surface area (Å²) in [6, 6.07) is 26.1. The summed E-state index contributed by atoms with van der Waals surface area (Å²) in [5.41, 5.74) is 4.09. The van der Waals surface area contributed by atoms with Crippen LogP contribution in [0.5, 0.6) is 0 Å². The molecule has 6 heteroatoms. The van der Waals surface area contributed by atoms with Crippen LogP contribution >= 0.6 is 0 Å². The lowest BCUT2D eigenvalue weighted by Crippen LogP contribution is -2.49. The molecule has 6 rings (SSSR count). The molecular formula is C33H28N4O2. The molecule has 0 N–H and O–H groups in total. The van der Waals surface area contributed by atoms with Gasteiger partial charge in [0.05, 0.1) is 11.4 Å². The SMILES string of the molecule is CC1=C(C#N)C(=O)N(C2CCCCC2)C(=O)/C1=C/c1cn(-c2ccccc2)nc1-c1ccc2ccccc2c1. The van der Waals surface area contributed by atoms with Crippen molar-refractivity contribution in [3.05, 3.63) is 101 Å². The number of aromatic nitrogens is 2. The molecule has 1 saturated carbocycles. The molecule has 192 valence electrons. The number of carbonyl (C=O) groups excluding carboxylic acids is 2. The number of benzene rings is 3. The second-order valence-corrected chi connectivity index (χ2v) is 10.2. The highest BCUT2D eigenvalue weighted by Crippen LogP contribution is 2.35. The minimum Gasteiger partial charge on any atom is -0.271 e. The van der Waals surface area contributed by atoms with E-state index in [1.54, 1.807) is 17.7 Å². The molecule has 1 fully saturated rings. The van der Waals surface area contributed by atoms with Crippen molar-refractivity contribution >= 4 is 28.7 Å². The minimum absolute atomic E-state index is 0.0362. The van der Waals surface area contributed by atoms with E-state index < -0.39 is 5.91 Å². The molecule has 0 unspecified atom stereocenters. The molecule has 1 aliphatic heterocycles. The maximum absolute atomic E-state index is 13.9. The van der Waals surface area contributed by atoms with Crippen molar-refractivity contribution in [3.8, 4) is 23.0 Å². The Bertz CT molecular complexity index is 1700. The van der Waals surface area contributed by atoms with Crippen molar-refractivity contribution in [2.24, 2.45) is 0 Å². The molecule has 0 bridgehead atoms. The number of rotatable bonds is 4. The molecule has 1 aliphatic carbocycles. The zero-order valence-electron chi connectivity index (χ0n) is 21.8. The summed E-state index contributed by atoms with van der Waals surface area (Å²) < 4.78 is 1.80. The number of imide groups is 1. The van der Waals surface area contributed by atoms with E-state index in [0.29, 0.717) is 11.1 Å². The van der Waals surface area contributed by atoms with Gasteiger partial charge in [-0.05, 0) is 60.4 Å². The van der Waals surface area contributed by atoms with Crippen LogP contribution in [0.4, 0.5) is 0 Å². The number of fused-ring (bicyclic) bond motifs is 1. The standard InChI is InChI=1S/C33H28N4O2/c1-22-29(32(38)37(33(39)30(22)20-34)28-14-6-3-7-15-28)19-26-21-36(27-12-4-2-5-13-27)35-31(26)25-17-16-23-10-8-9-11-24(23)18-25/h2,4-5,8-13,16-19,21,28H,3,6-7,14-15H2,1H3/b29-19+. The van der Waals surface area contributed by atoms with Crippen LogP contribution in [0.3, 0.4) is 0 Å². The van der Waals surface area contributed by atoms with Crippen LogP contribution < -0.4 is 0 Å². The third-order valence-electron chi connectivity index (χ3n) is 7.80. The third-order valence-corrected chi connectivity index (χ3v) is 7.80. The maximum Gasteiger partial charge on any atom is 0.271 e. The normalized spacial score (nSPS) is 17.7. The molecule has 39 heavy (non-hydrogen) atoms. The summed E-state index contributed by atoms with van der Waals surface area (Å²) in [5.74, 6) is -0.806. The maximum atomic E-state index is 13.9. The van der Waals surface area contributed by atoms with E-state index in [1.807, 2.05) is 54.7 Å². The molecule has 0 atom stereocenters. The second-order valence-electron chi connectivity index (χ2n) is 10.2. The lowest BCUT2D eigenvalue weighted by Gasteiger charge is -2.36. The quantitative estimate of drug-likeness (QED) is 0.227. The highest BCUT2D eigenvalue weighted by Gasteiger charge is 2.40. The largest absolute Gasteiger partial charge is 0.271 e. The van der Waals surface area contributed by atoms with E-state index in [-0.39, 0.29) is 17.5 Å². The van der Waals surface area contributed by atoms with Gasteiger partial charge in [0.1, 0.15) is 11.6 Å². The number of carbonyl (C=O) groups is 2. The summed E-state index contributed by atoms with van der Waals surface area (Å²) >= 11 is 0. The lowest BCUT2D eigenvalue weighted by atomic mass is 9.88. The molecule has 0 spiro atoms. The van der Waals surface area contributed by atoms with Crippen LogP contribution in [0.15, 0.2) is 95.7 Å². The molecule has 4 aromatic rings. The monoisotopic (exact) mass is 512 g/mol. The lowest BCUT2D eigenvalue weighted by molar-refractivity contribution is -0.143. The van der Waals surface area contributed by atoms with Crippen LogP contribution in [0.2, 0.25) is 0 Å². The topological polar surface area (TPSA) is 79.0 Å². The number of para-hydroxylation sites is 1. The van der Waals surface area contributed by atoms with Crippen LogP contribution in [0.25, 0.3) is 33.8 Å². The predicted octanol–water partition coefficient (Wildman–Crippen LogP) is 6.62. The van der Waals surface area contributed by atoms with E-state index >= 15 is 0 Å². The molecular weight excluding hydrogens is 484 g/mol. The fourth-order valence-electron chi connectivity index (χ4n) is 5.69. The summed E-state index contributed by atoms with van der Waals surface area (Å²) in [6.07, 6.45) is 8.30. The first-order valence-corrected chi connectivity index (χ1v) is 13.4. The van der Waals surface area contributed by atoms with Gasteiger partial charge in [-0.25, -0.2) is 4.68 Å². The van der Waals surface area contributed by atoms with Crippen molar-refractivity contribution < 1.29 is 9.59 Å². The highest BCUT2D eigenvalue weighted by molar-refractivity contribution is 6.20. The van der Waals surface area contributed by atoms with E-state index in [2.05, 4.69) is 30.3 Å². The third kappa shape index (κ3) is 4.46. The van der Waals surface area contributed by atoms with Gasteiger partial charge in [-0.1, -0.05) is 73.9 Å². The zero-order chi connectivity index (χ0) is 26.9. The van der Waals surface area contributed by atoms with Crippen molar-refractivity contribution in [3.63, 3.8) is 0 Å². The van der Waals surface area contributed by atoms with Crippen molar-refractivity contribution in [1.29, 1.82) is 5.26 Å². The smallest absolute Gasteiger partial charge is 0.271 e. The Hall–Kier alpha value is -4.76. The molecule has 3 aromatic carbocycles. The summed E-state index contributed by atoms with van der Waals surface area (Å²) in [5, 5.41) is 17.1. The number of amides is 2. The van der Waals surface area contributed by atoms with E-state index in [9.17, 15) is 14.9 Å². The Balaban J connectivity index is 1.52. The predicted molar refractivity (Wildman–Crippen MR) is 152 cm³/mol. The van der Waals surface area contributed by atoms with Gasteiger partial charge in [-0.3, -0.25) is 14.5 Å². The summed E-state index contributed by atoms with van der Waals surface area (Å²) in [4.78, 5) is 28.5. The van der Waals surface area contributed by atoms with E-state index in [0.717, 1.165) is 65.4 Å².